The Kier molecular flexibility index (Phi) is 7.14. The van der Waals surface area contributed by atoms with Crippen LogP contribution in [-0.2, 0) is 0 Å². The van der Waals surface area contributed by atoms with Gasteiger partial charge in [-0.1, -0.05) is 6.92 Å². The zero-order valence-corrected chi connectivity index (χ0v) is 16.1. The summed E-state index contributed by atoms with van der Waals surface area (Å²) in [6.45, 7) is 5.90. The van der Waals surface area contributed by atoms with Gasteiger partial charge in [0.1, 0.15) is 17.1 Å². The fourth-order valence-corrected chi connectivity index (χ4v) is 2.50. The molecule has 28 heavy (non-hydrogen) atoms. The summed E-state index contributed by atoms with van der Waals surface area (Å²) in [7, 11) is 0. The minimum Gasteiger partial charge on any atom is -0.493 e. The van der Waals surface area contributed by atoms with Gasteiger partial charge in [-0.2, -0.15) is 0 Å². The maximum absolute atomic E-state index is 12.7. The molecule has 7 heteroatoms. The van der Waals surface area contributed by atoms with Crippen molar-refractivity contribution in [2.75, 3.05) is 18.5 Å². The van der Waals surface area contributed by atoms with Gasteiger partial charge in [-0.25, -0.2) is 4.79 Å². The van der Waals surface area contributed by atoms with E-state index >= 15 is 0 Å². The van der Waals surface area contributed by atoms with E-state index in [0.29, 0.717) is 30.2 Å². The van der Waals surface area contributed by atoms with Crippen LogP contribution in [0.4, 0.5) is 5.69 Å². The fourth-order valence-electron chi connectivity index (χ4n) is 2.50. The number of hydrogen-bond acceptors (Lipinski definition) is 5. The summed E-state index contributed by atoms with van der Waals surface area (Å²) in [5.74, 6) is -1.23. The molecule has 2 rings (SSSR count). The molecule has 2 aromatic carbocycles. The first-order valence-corrected chi connectivity index (χ1v) is 8.96. The van der Waals surface area contributed by atoms with Crippen LogP contribution in [0.25, 0.3) is 0 Å². The SMILES string of the molecule is CCCOc1ccc(C(=O)Nc2cc(C(C)=O)ccc2OCC)cc1C(=O)O. The number of nitrogens with one attached hydrogen (secondary N) is 1. The Balaban J connectivity index is 2.34. The van der Waals surface area contributed by atoms with E-state index < -0.39 is 11.9 Å². The van der Waals surface area contributed by atoms with Gasteiger partial charge >= 0.3 is 5.97 Å². The van der Waals surface area contributed by atoms with Crippen molar-refractivity contribution in [1.29, 1.82) is 0 Å². The minimum atomic E-state index is -1.19. The number of amides is 1. The van der Waals surface area contributed by atoms with Gasteiger partial charge in [-0.05, 0) is 56.7 Å². The predicted octanol–water partition coefficient (Wildman–Crippen LogP) is 4.03. The highest BCUT2D eigenvalue weighted by Crippen LogP contribution is 2.28. The van der Waals surface area contributed by atoms with Crippen molar-refractivity contribution in [2.45, 2.75) is 27.2 Å². The van der Waals surface area contributed by atoms with E-state index in [4.69, 9.17) is 9.47 Å². The number of benzene rings is 2. The number of Topliss-reactive ketones (excluding diaryl/α,β-unsaturated/α-hetero) is 1. The number of rotatable bonds is 9. The predicted molar refractivity (Wildman–Crippen MR) is 105 cm³/mol. The van der Waals surface area contributed by atoms with Crippen LogP contribution < -0.4 is 14.8 Å². The van der Waals surface area contributed by atoms with Crippen LogP contribution in [0.1, 0.15) is 58.3 Å². The molecular formula is C21H23NO6. The van der Waals surface area contributed by atoms with E-state index in [1.165, 1.54) is 31.2 Å². The lowest BCUT2D eigenvalue weighted by atomic mass is 10.1. The Hall–Kier alpha value is -3.35. The second-order valence-electron chi connectivity index (χ2n) is 6.02. The number of anilines is 1. The molecule has 148 valence electrons. The first-order chi connectivity index (χ1) is 13.4. The van der Waals surface area contributed by atoms with Crippen LogP contribution in [-0.4, -0.2) is 36.0 Å². The number of carboxylic acid groups (broad SMARTS) is 1. The van der Waals surface area contributed by atoms with Crippen molar-refractivity contribution < 1.29 is 29.0 Å². The van der Waals surface area contributed by atoms with Crippen molar-refractivity contribution in [1.82, 2.24) is 0 Å². The highest BCUT2D eigenvalue weighted by atomic mass is 16.5. The van der Waals surface area contributed by atoms with Gasteiger partial charge in [0.15, 0.2) is 5.78 Å². The molecule has 0 aliphatic carbocycles. The van der Waals surface area contributed by atoms with Crippen LogP contribution in [0.5, 0.6) is 11.5 Å². The maximum atomic E-state index is 12.7. The van der Waals surface area contributed by atoms with Gasteiger partial charge in [-0.15, -0.1) is 0 Å². The number of ether oxygens (including phenoxy) is 2. The van der Waals surface area contributed by atoms with E-state index in [1.54, 1.807) is 19.1 Å². The summed E-state index contributed by atoms with van der Waals surface area (Å²) in [6, 6.07) is 8.97. The van der Waals surface area contributed by atoms with Gasteiger partial charge < -0.3 is 19.9 Å². The standard InChI is InChI=1S/C21H23NO6/c1-4-10-28-18-8-7-15(11-16(18)21(25)26)20(24)22-17-12-14(13(3)23)6-9-19(17)27-5-2/h6-9,11-12H,4-5,10H2,1-3H3,(H,22,24)(H,25,26). The average molecular weight is 385 g/mol. The molecule has 0 radical (unpaired) electrons. The second-order valence-corrected chi connectivity index (χ2v) is 6.02. The largest absolute Gasteiger partial charge is 0.493 e. The monoisotopic (exact) mass is 385 g/mol. The third-order valence-corrected chi connectivity index (χ3v) is 3.87. The molecule has 0 aromatic heterocycles. The zero-order valence-electron chi connectivity index (χ0n) is 16.1. The average Bonchev–Trinajstić information content (AvgIpc) is 2.67. The summed E-state index contributed by atoms with van der Waals surface area (Å²) in [4.78, 5) is 35.8. The van der Waals surface area contributed by atoms with Crippen LogP contribution in [0.15, 0.2) is 36.4 Å². The molecule has 0 aliphatic heterocycles. The number of carbonyl (C=O) groups excluding carboxylic acids is 2. The number of carboxylic acids is 1. The van der Waals surface area contributed by atoms with E-state index in [2.05, 4.69) is 5.32 Å². The lowest BCUT2D eigenvalue weighted by Crippen LogP contribution is -2.15. The van der Waals surface area contributed by atoms with Gasteiger partial charge in [0.2, 0.25) is 0 Å². The third-order valence-electron chi connectivity index (χ3n) is 3.87. The lowest BCUT2D eigenvalue weighted by Gasteiger charge is -2.14. The molecule has 2 aromatic rings. The van der Waals surface area contributed by atoms with E-state index in [0.717, 1.165) is 6.42 Å². The molecule has 0 aliphatic rings. The first kappa shape index (κ1) is 21.0. The number of hydrogen-bond donors (Lipinski definition) is 2. The van der Waals surface area contributed by atoms with Crippen LogP contribution in [0.2, 0.25) is 0 Å². The number of ketones is 1. The molecule has 0 fully saturated rings. The molecule has 0 spiro atoms. The molecule has 0 heterocycles. The van der Waals surface area contributed by atoms with Crippen molar-refractivity contribution in [3.63, 3.8) is 0 Å². The Morgan fingerprint density at radius 2 is 1.64 bits per heavy atom. The first-order valence-electron chi connectivity index (χ1n) is 8.96. The molecule has 0 saturated carbocycles. The Morgan fingerprint density at radius 3 is 2.25 bits per heavy atom. The van der Waals surface area contributed by atoms with Crippen LogP contribution in [0, 0.1) is 0 Å². The smallest absolute Gasteiger partial charge is 0.339 e. The summed E-state index contributed by atoms with van der Waals surface area (Å²) in [6.07, 6.45) is 0.730. The fraction of sp³-hybridized carbons (Fsp3) is 0.286. The summed E-state index contributed by atoms with van der Waals surface area (Å²) < 4.78 is 10.9. The van der Waals surface area contributed by atoms with Crippen LogP contribution >= 0.6 is 0 Å². The molecule has 0 unspecified atom stereocenters. The Bertz CT molecular complexity index is 890. The summed E-state index contributed by atoms with van der Waals surface area (Å²) in [5.41, 5.74) is 0.816. The molecule has 2 N–H and O–H groups in total. The normalized spacial score (nSPS) is 10.2. The number of carbonyl (C=O) groups is 3. The van der Waals surface area contributed by atoms with Gasteiger partial charge in [0.25, 0.3) is 5.91 Å². The zero-order chi connectivity index (χ0) is 20.7. The van der Waals surface area contributed by atoms with Crippen molar-refractivity contribution >= 4 is 23.3 Å². The van der Waals surface area contributed by atoms with Gasteiger partial charge in [-0.3, -0.25) is 9.59 Å². The summed E-state index contributed by atoms with van der Waals surface area (Å²) >= 11 is 0. The van der Waals surface area contributed by atoms with E-state index in [9.17, 15) is 19.5 Å². The van der Waals surface area contributed by atoms with E-state index in [1.807, 2.05) is 6.92 Å². The van der Waals surface area contributed by atoms with Crippen molar-refractivity contribution in [3.8, 4) is 11.5 Å². The molecule has 0 atom stereocenters. The minimum absolute atomic E-state index is 0.0939. The molecule has 0 bridgehead atoms. The second kappa shape index (κ2) is 9.55. The molecule has 0 saturated heterocycles. The topological polar surface area (TPSA) is 102 Å². The lowest BCUT2D eigenvalue weighted by molar-refractivity contribution is 0.0692. The maximum Gasteiger partial charge on any atom is 0.339 e. The number of aromatic carboxylic acids is 1. The highest BCUT2D eigenvalue weighted by molar-refractivity contribution is 6.07. The van der Waals surface area contributed by atoms with Crippen LogP contribution in [0.3, 0.4) is 0 Å². The Morgan fingerprint density at radius 1 is 0.964 bits per heavy atom. The van der Waals surface area contributed by atoms with Gasteiger partial charge in [0, 0.05) is 11.1 Å². The Labute approximate surface area is 163 Å². The van der Waals surface area contributed by atoms with Gasteiger partial charge in [0.05, 0.1) is 18.9 Å². The van der Waals surface area contributed by atoms with Crippen molar-refractivity contribution in [3.05, 3.63) is 53.1 Å². The molecule has 1 amide bonds. The highest BCUT2D eigenvalue weighted by Gasteiger charge is 2.17. The van der Waals surface area contributed by atoms with Crippen molar-refractivity contribution in [2.24, 2.45) is 0 Å². The quantitative estimate of drug-likeness (QED) is 0.632. The van der Waals surface area contributed by atoms with E-state index in [-0.39, 0.29) is 22.7 Å². The molecule has 7 nitrogen and oxygen atoms in total. The summed E-state index contributed by atoms with van der Waals surface area (Å²) in [5, 5.41) is 12.1. The molecular weight excluding hydrogens is 362 g/mol. The third kappa shape index (κ3) is 5.09.